The van der Waals surface area contributed by atoms with Crippen molar-refractivity contribution in [3.05, 3.63) is 0 Å². The number of halogens is 1. The minimum atomic E-state index is -0.425. The summed E-state index contributed by atoms with van der Waals surface area (Å²) in [6.45, 7) is 6.91. The number of Topliss-reactive ketones (excluding diaryl/α,β-unsaturated/α-hetero) is 1. The molecular weight excluding hydrogens is 376 g/mol. The van der Waals surface area contributed by atoms with E-state index in [0.29, 0.717) is 17.0 Å². The molecule has 0 aliphatic heterocycles. The second-order valence-corrected chi connectivity index (χ2v) is 11.1. The maximum atomic E-state index is 12.6. The minimum Gasteiger partial charge on any atom is -0.390 e. The van der Waals surface area contributed by atoms with Crippen molar-refractivity contribution in [2.24, 2.45) is 46.8 Å². The van der Waals surface area contributed by atoms with Crippen LogP contribution in [0.4, 0.5) is 0 Å². The third kappa shape index (κ3) is 2.87. The van der Waals surface area contributed by atoms with Crippen LogP contribution in [0.5, 0.6) is 0 Å². The molecule has 4 rings (SSSR count). The summed E-state index contributed by atoms with van der Waals surface area (Å²) in [5.74, 6) is 5.40. The number of rotatable bonds is 2. The standard InChI is InChI=1S/C22H35BrO2/c1-13-10-18(19(24)12-23)22(3)9-7-16-15-6-8-21(2,25)11-14(15)4-5-17(16)20(13)22/h13-18,20,25H,4-12H2,1-3H3/t13-,14-,15-,16+,17+,18-,20+,21-,22-/m1/s1. The van der Waals surface area contributed by atoms with Gasteiger partial charge in [-0.05, 0) is 99.2 Å². The molecule has 0 spiro atoms. The Kier molecular flexibility index (Phi) is 4.68. The summed E-state index contributed by atoms with van der Waals surface area (Å²) in [6, 6.07) is 0. The van der Waals surface area contributed by atoms with Gasteiger partial charge in [0.05, 0.1) is 10.9 Å². The molecule has 3 heteroatoms. The zero-order valence-corrected chi connectivity index (χ0v) is 17.7. The predicted molar refractivity (Wildman–Crippen MR) is 105 cm³/mol. The van der Waals surface area contributed by atoms with E-state index in [2.05, 4.69) is 29.8 Å². The molecule has 0 heterocycles. The highest BCUT2D eigenvalue weighted by molar-refractivity contribution is 9.09. The molecule has 4 saturated carbocycles. The van der Waals surface area contributed by atoms with Gasteiger partial charge in [0.1, 0.15) is 5.78 Å². The third-order valence-electron chi connectivity index (χ3n) is 9.07. The van der Waals surface area contributed by atoms with Crippen LogP contribution < -0.4 is 0 Å². The first-order chi connectivity index (χ1) is 11.8. The van der Waals surface area contributed by atoms with Crippen molar-refractivity contribution in [1.82, 2.24) is 0 Å². The van der Waals surface area contributed by atoms with Crippen molar-refractivity contribution in [3.63, 3.8) is 0 Å². The lowest BCUT2D eigenvalue weighted by Gasteiger charge is -2.57. The van der Waals surface area contributed by atoms with Crippen molar-refractivity contribution < 1.29 is 9.90 Å². The average molecular weight is 411 g/mol. The minimum absolute atomic E-state index is 0.235. The number of carbonyl (C=O) groups is 1. The van der Waals surface area contributed by atoms with Crippen LogP contribution in [0.25, 0.3) is 0 Å². The summed E-state index contributed by atoms with van der Waals surface area (Å²) >= 11 is 3.44. The Hall–Kier alpha value is 0.110. The van der Waals surface area contributed by atoms with Crippen LogP contribution in [0, 0.1) is 46.8 Å². The van der Waals surface area contributed by atoms with Crippen LogP contribution in [0.15, 0.2) is 0 Å². The normalized spacial score (nSPS) is 55.2. The second kappa shape index (κ2) is 6.33. The van der Waals surface area contributed by atoms with Gasteiger partial charge in [0.15, 0.2) is 0 Å². The molecule has 0 saturated heterocycles. The lowest BCUT2D eigenvalue weighted by Crippen LogP contribution is -2.51. The smallest absolute Gasteiger partial charge is 0.147 e. The molecule has 0 aromatic heterocycles. The molecule has 4 fully saturated rings. The first-order valence-electron chi connectivity index (χ1n) is 10.6. The Morgan fingerprint density at radius 2 is 1.80 bits per heavy atom. The van der Waals surface area contributed by atoms with Crippen LogP contribution in [-0.4, -0.2) is 21.8 Å². The second-order valence-electron chi connectivity index (χ2n) is 10.5. The molecule has 4 aliphatic rings. The molecule has 0 amide bonds. The summed E-state index contributed by atoms with van der Waals surface area (Å²) in [5.41, 5.74) is -0.191. The van der Waals surface area contributed by atoms with Gasteiger partial charge in [0.2, 0.25) is 0 Å². The number of ketones is 1. The van der Waals surface area contributed by atoms with Crippen LogP contribution in [0.2, 0.25) is 0 Å². The van der Waals surface area contributed by atoms with Crippen molar-refractivity contribution in [3.8, 4) is 0 Å². The molecule has 0 radical (unpaired) electrons. The molecule has 4 aliphatic carbocycles. The van der Waals surface area contributed by atoms with Gasteiger partial charge in [-0.25, -0.2) is 0 Å². The van der Waals surface area contributed by atoms with Crippen molar-refractivity contribution in [2.75, 3.05) is 5.33 Å². The highest BCUT2D eigenvalue weighted by atomic mass is 79.9. The molecule has 0 bridgehead atoms. The zero-order chi connectivity index (χ0) is 18.0. The van der Waals surface area contributed by atoms with Gasteiger partial charge in [0.25, 0.3) is 0 Å². The molecule has 0 aromatic rings. The molecule has 142 valence electrons. The molecular formula is C22H35BrO2. The zero-order valence-electron chi connectivity index (χ0n) is 16.1. The number of hydrogen-bond acceptors (Lipinski definition) is 2. The van der Waals surface area contributed by atoms with E-state index in [0.717, 1.165) is 48.9 Å². The maximum absolute atomic E-state index is 12.6. The monoisotopic (exact) mass is 410 g/mol. The molecule has 9 atom stereocenters. The van der Waals surface area contributed by atoms with Gasteiger partial charge in [-0.1, -0.05) is 29.8 Å². The number of aliphatic hydroxyl groups is 1. The van der Waals surface area contributed by atoms with E-state index in [9.17, 15) is 9.90 Å². The molecule has 2 nitrogen and oxygen atoms in total. The van der Waals surface area contributed by atoms with Crippen LogP contribution >= 0.6 is 15.9 Å². The van der Waals surface area contributed by atoms with E-state index in [1.807, 2.05) is 6.92 Å². The Labute approximate surface area is 161 Å². The largest absolute Gasteiger partial charge is 0.390 e. The lowest BCUT2D eigenvalue weighted by molar-refractivity contribution is -0.130. The number of hydrogen-bond donors (Lipinski definition) is 1. The van der Waals surface area contributed by atoms with Gasteiger partial charge in [-0.3, -0.25) is 4.79 Å². The van der Waals surface area contributed by atoms with Gasteiger partial charge in [-0.15, -0.1) is 0 Å². The Morgan fingerprint density at radius 1 is 1.08 bits per heavy atom. The topological polar surface area (TPSA) is 37.3 Å². The van der Waals surface area contributed by atoms with Gasteiger partial charge in [0, 0.05) is 5.92 Å². The maximum Gasteiger partial charge on any atom is 0.147 e. The Morgan fingerprint density at radius 3 is 2.52 bits per heavy atom. The van der Waals surface area contributed by atoms with E-state index >= 15 is 0 Å². The fraction of sp³-hybridized carbons (Fsp3) is 0.955. The summed E-state index contributed by atoms with van der Waals surface area (Å²) < 4.78 is 0. The molecule has 25 heavy (non-hydrogen) atoms. The first kappa shape index (κ1) is 18.5. The van der Waals surface area contributed by atoms with E-state index < -0.39 is 5.60 Å². The lowest BCUT2D eigenvalue weighted by atomic mass is 9.48. The third-order valence-corrected chi connectivity index (χ3v) is 9.62. The van der Waals surface area contributed by atoms with Crippen LogP contribution in [-0.2, 0) is 4.79 Å². The summed E-state index contributed by atoms with van der Waals surface area (Å²) in [5, 5.41) is 11.1. The number of alkyl halides is 1. The van der Waals surface area contributed by atoms with Crippen molar-refractivity contribution in [1.29, 1.82) is 0 Å². The molecule has 1 N–H and O–H groups in total. The predicted octanol–water partition coefficient (Wildman–Crippen LogP) is 5.22. The Balaban J connectivity index is 1.58. The summed E-state index contributed by atoms with van der Waals surface area (Å²) in [6.07, 6.45) is 9.53. The quantitative estimate of drug-likeness (QED) is 0.633. The van der Waals surface area contributed by atoms with E-state index in [4.69, 9.17) is 0 Å². The van der Waals surface area contributed by atoms with Crippen molar-refractivity contribution >= 4 is 21.7 Å². The summed E-state index contributed by atoms with van der Waals surface area (Å²) in [7, 11) is 0. The number of fused-ring (bicyclic) bond motifs is 5. The number of carbonyl (C=O) groups excluding carboxylic acids is 1. The fourth-order valence-corrected chi connectivity index (χ4v) is 8.61. The van der Waals surface area contributed by atoms with Crippen LogP contribution in [0.3, 0.4) is 0 Å². The average Bonchev–Trinajstić information content (AvgIpc) is 2.84. The summed E-state index contributed by atoms with van der Waals surface area (Å²) in [4.78, 5) is 12.6. The molecule has 0 aromatic carbocycles. The van der Waals surface area contributed by atoms with Crippen molar-refractivity contribution in [2.45, 2.75) is 77.7 Å². The van der Waals surface area contributed by atoms with E-state index in [1.165, 1.54) is 32.1 Å². The van der Waals surface area contributed by atoms with Gasteiger partial charge < -0.3 is 5.11 Å². The van der Waals surface area contributed by atoms with E-state index in [1.54, 1.807) is 0 Å². The SMILES string of the molecule is C[C@@H]1C[C@H](C(=O)CBr)[C@@]2(C)CC[C@H]3[C@@H]4CC[C@@](C)(O)C[C@H]4CC[C@@H]3[C@H]12. The Bertz CT molecular complexity index is 544. The van der Waals surface area contributed by atoms with Crippen LogP contribution in [0.1, 0.15) is 72.1 Å². The fourth-order valence-electron chi connectivity index (χ4n) is 8.22. The van der Waals surface area contributed by atoms with E-state index in [-0.39, 0.29) is 11.3 Å². The van der Waals surface area contributed by atoms with Gasteiger partial charge >= 0.3 is 0 Å². The molecule has 0 unspecified atom stereocenters. The highest BCUT2D eigenvalue weighted by Crippen LogP contribution is 2.66. The highest BCUT2D eigenvalue weighted by Gasteiger charge is 2.60. The first-order valence-corrected chi connectivity index (χ1v) is 11.7. The van der Waals surface area contributed by atoms with Gasteiger partial charge in [-0.2, -0.15) is 0 Å².